The first-order valence-corrected chi connectivity index (χ1v) is 6.92. The molecule has 0 aromatic heterocycles. The lowest BCUT2D eigenvalue weighted by molar-refractivity contribution is 0.0758. The monoisotopic (exact) mass is 277 g/mol. The van der Waals surface area contributed by atoms with Gasteiger partial charge in [0.15, 0.2) is 0 Å². The zero-order valence-corrected chi connectivity index (χ0v) is 12.4. The number of nitrogen functional groups attached to an aromatic ring is 1. The first kappa shape index (κ1) is 14.7. The highest BCUT2D eigenvalue weighted by Gasteiger charge is 2.25. The summed E-state index contributed by atoms with van der Waals surface area (Å²) in [7, 11) is 5.50. The Balaban J connectivity index is 2.12. The normalized spacial score (nSPS) is 19.1. The predicted octanol–water partition coefficient (Wildman–Crippen LogP) is 1.44. The van der Waals surface area contributed by atoms with Crippen molar-refractivity contribution in [1.82, 2.24) is 9.80 Å². The molecular formula is C15H23N3O2. The Morgan fingerprint density at radius 3 is 2.90 bits per heavy atom. The molecule has 0 bridgehead atoms. The Morgan fingerprint density at radius 1 is 1.55 bits per heavy atom. The summed E-state index contributed by atoms with van der Waals surface area (Å²) < 4.78 is 5.25. The van der Waals surface area contributed by atoms with E-state index in [1.54, 1.807) is 30.2 Å². The highest BCUT2D eigenvalue weighted by atomic mass is 16.5. The van der Waals surface area contributed by atoms with Gasteiger partial charge in [-0.05, 0) is 44.6 Å². The van der Waals surface area contributed by atoms with Crippen LogP contribution in [0.1, 0.15) is 23.2 Å². The van der Waals surface area contributed by atoms with E-state index in [0.717, 1.165) is 19.5 Å². The molecule has 1 aliphatic rings. The van der Waals surface area contributed by atoms with Crippen LogP contribution in [-0.2, 0) is 0 Å². The number of ether oxygens (including phenoxy) is 1. The molecule has 20 heavy (non-hydrogen) atoms. The van der Waals surface area contributed by atoms with Crippen molar-refractivity contribution in [3.63, 3.8) is 0 Å². The van der Waals surface area contributed by atoms with E-state index in [1.165, 1.54) is 6.42 Å². The van der Waals surface area contributed by atoms with Gasteiger partial charge in [-0.2, -0.15) is 0 Å². The molecule has 1 heterocycles. The average molecular weight is 277 g/mol. The number of benzene rings is 1. The van der Waals surface area contributed by atoms with Crippen LogP contribution < -0.4 is 10.5 Å². The maximum Gasteiger partial charge on any atom is 0.257 e. The quantitative estimate of drug-likeness (QED) is 0.846. The van der Waals surface area contributed by atoms with E-state index in [-0.39, 0.29) is 5.91 Å². The molecule has 0 saturated carbocycles. The van der Waals surface area contributed by atoms with E-state index in [2.05, 4.69) is 11.9 Å². The molecule has 2 rings (SSSR count). The van der Waals surface area contributed by atoms with Crippen molar-refractivity contribution in [2.24, 2.45) is 0 Å². The maximum atomic E-state index is 12.5. The molecule has 1 fully saturated rings. The third-order valence-corrected chi connectivity index (χ3v) is 3.96. The van der Waals surface area contributed by atoms with Gasteiger partial charge >= 0.3 is 0 Å². The second-order valence-electron chi connectivity index (χ2n) is 5.42. The van der Waals surface area contributed by atoms with Crippen molar-refractivity contribution in [3.8, 4) is 5.75 Å². The number of hydrogen-bond acceptors (Lipinski definition) is 4. The Kier molecular flexibility index (Phi) is 4.49. The number of nitrogens with two attached hydrogens (primary N) is 1. The highest BCUT2D eigenvalue weighted by Crippen LogP contribution is 2.23. The van der Waals surface area contributed by atoms with Gasteiger partial charge in [0.1, 0.15) is 5.75 Å². The molecule has 110 valence electrons. The molecule has 0 spiro atoms. The number of anilines is 1. The number of likely N-dealkylation sites (tertiary alicyclic amines) is 1. The summed E-state index contributed by atoms with van der Waals surface area (Å²) in [5, 5.41) is 0. The number of rotatable bonds is 4. The lowest BCUT2D eigenvalue weighted by atomic mass is 10.1. The fourth-order valence-electron chi connectivity index (χ4n) is 2.71. The largest absolute Gasteiger partial charge is 0.496 e. The van der Waals surface area contributed by atoms with Crippen LogP contribution in [-0.4, -0.2) is 56.0 Å². The molecule has 5 heteroatoms. The minimum absolute atomic E-state index is 0.0468. The fourth-order valence-corrected chi connectivity index (χ4v) is 2.71. The highest BCUT2D eigenvalue weighted by molar-refractivity contribution is 5.97. The summed E-state index contributed by atoms with van der Waals surface area (Å²) in [5.41, 5.74) is 6.86. The lowest BCUT2D eigenvalue weighted by Crippen LogP contribution is -2.39. The number of carbonyl (C=O) groups is 1. The van der Waals surface area contributed by atoms with Crippen molar-refractivity contribution in [1.29, 1.82) is 0 Å². The van der Waals surface area contributed by atoms with Gasteiger partial charge in [0.25, 0.3) is 5.91 Å². The Hall–Kier alpha value is -1.75. The molecule has 1 unspecified atom stereocenters. The summed E-state index contributed by atoms with van der Waals surface area (Å²) >= 11 is 0. The first-order valence-electron chi connectivity index (χ1n) is 6.92. The molecule has 0 radical (unpaired) electrons. The van der Waals surface area contributed by atoms with E-state index in [9.17, 15) is 4.79 Å². The smallest absolute Gasteiger partial charge is 0.257 e. The number of methoxy groups -OCH3 is 1. The molecular weight excluding hydrogens is 254 g/mol. The summed E-state index contributed by atoms with van der Waals surface area (Å²) in [5.74, 6) is 0.519. The molecule has 0 aliphatic carbocycles. The van der Waals surface area contributed by atoms with Crippen LogP contribution in [0.25, 0.3) is 0 Å². The van der Waals surface area contributed by atoms with Crippen LogP contribution >= 0.6 is 0 Å². The molecule has 1 aromatic carbocycles. The number of likely N-dealkylation sites (N-methyl/N-ethyl adjacent to an activating group) is 2. The van der Waals surface area contributed by atoms with Gasteiger partial charge in [0.2, 0.25) is 0 Å². The molecule has 1 aliphatic heterocycles. The van der Waals surface area contributed by atoms with Crippen LogP contribution in [0.2, 0.25) is 0 Å². The summed E-state index contributed by atoms with van der Waals surface area (Å²) in [4.78, 5) is 16.6. The summed E-state index contributed by atoms with van der Waals surface area (Å²) in [6.45, 7) is 1.83. The van der Waals surface area contributed by atoms with Crippen LogP contribution in [0.15, 0.2) is 18.2 Å². The van der Waals surface area contributed by atoms with Crippen molar-refractivity contribution in [2.45, 2.75) is 18.9 Å². The van der Waals surface area contributed by atoms with Crippen LogP contribution in [0.4, 0.5) is 5.69 Å². The van der Waals surface area contributed by atoms with Crippen molar-refractivity contribution in [2.75, 3.05) is 40.0 Å². The Morgan fingerprint density at radius 2 is 2.30 bits per heavy atom. The molecule has 1 aromatic rings. The second kappa shape index (κ2) is 6.13. The second-order valence-corrected chi connectivity index (χ2v) is 5.42. The van der Waals surface area contributed by atoms with E-state index in [4.69, 9.17) is 10.5 Å². The van der Waals surface area contributed by atoms with E-state index in [0.29, 0.717) is 23.0 Å². The Bertz CT molecular complexity index is 490. The minimum atomic E-state index is -0.0468. The van der Waals surface area contributed by atoms with Gasteiger partial charge in [-0.15, -0.1) is 0 Å². The third-order valence-electron chi connectivity index (χ3n) is 3.96. The molecule has 1 amide bonds. The minimum Gasteiger partial charge on any atom is -0.496 e. The predicted molar refractivity (Wildman–Crippen MR) is 80.0 cm³/mol. The van der Waals surface area contributed by atoms with E-state index < -0.39 is 0 Å². The van der Waals surface area contributed by atoms with Crippen molar-refractivity contribution >= 4 is 11.6 Å². The number of carbonyl (C=O) groups excluding carboxylic acids is 1. The van der Waals surface area contributed by atoms with Crippen LogP contribution in [0.5, 0.6) is 5.75 Å². The van der Waals surface area contributed by atoms with Crippen molar-refractivity contribution in [3.05, 3.63) is 23.8 Å². The number of amides is 1. The van der Waals surface area contributed by atoms with E-state index in [1.807, 2.05) is 7.05 Å². The Labute approximate surface area is 120 Å². The zero-order valence-electron chi connectivity index (χ0n) is 12.4. The van der Waals surface area contributed by atoms with Gasteiger partial charge < -0.3 is 20.3 Å². The molecule has 1 atom stereocenters. The van der Waals surface area contributed by atoms with Crippen molar-refractivity contribution < 1.29 is 9.53 Å². The SMILES string of the molecule is COc1ccc(N)cc1C(=O)N(C)CC1CCCN1C. The molecule has 2 N–H and O–H groups in total. The number of hydrogen-bond donors (Lipinski definition) is 1. The summed E-state index contributed by atoms with van der Waals surface area (Å²) in [6.07, 6.45) is 2.34. The van der Waals surface area contributed by atoms with Gasteiger partial charge in [-0.3, -0.25) is 4.79 Å². The number of nitrogens with zero attached hydrogens (tertiary/aromatic N) is 2. The maximum absolute atomic E-state index is 12.5. The third kappa shape index (κ3) is 3.04. The first-order chi connectivity index (χ1) is 9.52. The van der Waals surface area contributed by atoms with E-state index >= 15 is 0 Å². The van der Waals surface area contributed by atoms with Crippen LogP contribution in [0, 0.1) is 0 Å². The zero-order chi connectivity index (χ0) is 14.7. The topological polar surface area (TPSA) is 58.8 Å². The van der Waals surface area contributed by atoms with Gasteiger partial charge in [0, 0.05) is 25.3 Å². The van der Waals surface area contributed by atoms with Crippen LogP contribution in [0.3, 0.4) is 0 Å². The average Bonchev–Trinajstić information content (AvgIpc) is 2.83. The van der Waals surface area contributed by atoms with Gasteiger partial charge in [0.05, 0.1) is 12.7 Å². The molecule has 5 nitrogen and oxygen atoms in total. The lowest BCUT2D eigenvalue weighted by Gasteiger charge is -2.26. The van der Waals surface area contributed by atoms with Gasteiger partial charge in [-0.1, -0.05) is 0 Å². The molecule has 1 saturated heterocycles. The fraction of sp³-hybridized carbons (Fsp3) is 0.533. The summed E-state index contributed by atoms with van der Waals surface area (Å²) in [6, 6.07) is 5.59. The standard InChI is InChI=1S/C15H23N3O2/c1-17-8-4-5-12(17)10-18(2)15(19)13-9-11(16)6-7-14(13)20-3/h6-7,9,12H,4-5,8,10,16H2,1-3H3. The van der Waals surface area contributed by atoms with Gasteiger partial charge in [-0.25, -0.2) is 0 Å².